The van der Waals surface area contributed by atoms with E-state index in [9.17, 15) is 14.6 Å². The number of aromatic hydroxyl groups is 1. The number of benzene rings is 1. The standard InChI is InChI=1S/C16H21FN2O4/c1-16(21,5-10-2-11(17)7-18-6-10)8-22-13-3-12(20)4-14-15(13)19-9-23-14/h3-4,9-11,18,20-21H,2,5-8H2,1H3/t10?,11?,16-/m0/s1. The average molecular weight is 324 g/mol. The summed E-state index contributed by atoms with van der Waals surface area (Å²) >= 11 is 0. The Labute approximate surface area is 133 Å². The van der Waals surface area contributed by atoms with Crippen molar-refractivity contribution < 1.29 is 23.8 Å². The monoisotopic (exact) mass is 324 g/mol. The van der Waals surface area contributed by atoms with Gasteiger partial charge in [-0.2, -0.15) is 0 Å². The molecule has 0 spiro atoms. The first-order chi connectivity index (χ1) is 10.9. The molecule has 3 atom stereocenters. The van der Waals surface area contributed by atoms with Crippen molar-refractivity contribution in [1.82, 2.24) is 10.3 Å². The highest BCUT2D eigenvalue weighted by Crippen LogP contribution is 2.31. The van der Waals surface area contributed by atoms with Crippen LogP contribution in [0.5, 0.6) is 11.5 Å². The third kappa shape index (κ3) is 3.92. The number of hydrogen-bond acceptors (Lipinski definition) is 6. The topological polar surface area (TPSA) is 87.8 Å². The lowest BCUT2D eigenvalue weighted by molar-refractivity contribution is -0.0144. The van der Waals surface area contributed by atoms with Crippen LogP contribution < -0.4 is 10.1 Å². The molecule has 23 heavy (non-hydrogen) atoms. The fourth-order valence-corrected chi connectivity index (χ4v) is 3.07. The van der Waals surface area contributed by atoms with Crippen molar-refractivity contribution in [3.8, 4) is 11.5 Å². The van der Waals surface area contributed by atoms with Crippen molar-refractivity contribution in [3.63, 3.8) is 0 Å². The Bertz CT molecular complexity index is 673. The van der Waals surface area contributed by atoms with E-state index in [-0.39, 0.29) is 18.3 Å². The van der Waals surface area contributed by atoms with E-state index in [2.05, 4.69) is 10.3 Å². The first-order valence-electron chi connectivity index (χ1n) is 7.69. The van der Waals surface area contributed by atoms with E-state index >= 15 is 0 Å². The first kappa shape index (κ1) is 16.0. The molecule has 1 aromatic carbocycles. The summed E-state index contributed by atoms with van der Waals surface area (Å²) in [4.78, 5) is 4.04. The van der Waals surface area contributed by atoms with Crippen molar-refractivity contribution in [2.45, 2.75) is 31.5 Å². The molecular formula is C16H21FN2O4. The molecule has 0 saturated carbocycles. The number of fused-ring (bicyclic) bond motifs is 1. The van der Waals surface area contributed by atoms with Gasteiger partial charge in [0.05, 0.1) is 5.60 Å². The van der Waals surface area contributed by atoms with E-state index in [1.54, 1.807) is 6.92 Å². The maximum Gasteiger partial charge on any atom is 0.182 e. The van der Waals surface area contributed by atoms with Crippen LogP contribution in [-0.4, -0.2) is 46.7 Å². The second-order valence-electron chi connectivity index (χ2n) is 6.49. The van der Waals surface area contributed by atoms with Gasteiger partial charge < -0.3 is 24.7 Å². The SMILES string of the molecule is C[C@@](O)(COc1cc(O)cc2ocnc12)CC1CNCC(F)C1. The number of nitrogens with zero attached hydrogens (tertiary/aromatic N) is 1. The molecule has 126 valence electrons. The molecule has 2 heterocycles. The van der Waals surface area contributed by atoms with Gasteiger partial charge in [-0.25, -0.2) is 9.37 Å². The first-order valence-corrected chi connectivity index (χ1v) is 7.69. The van der Waals surface area contributed by atoms with Crippen molar-refractivity contribution in [1.29, 1.82) is 0 Å². The normalized spacial score (nSPS) is 24.5. The molecule has 1 aromatic heterocycles. The summed E-state index contributed by atoms with van der Waals surface area (Å²) in [6.07, 6.45) is 1.28. The zero-order chi connectivity index (χ0) is 16.4. The summed E-state index contributed by atoms with van der Waals surface area (Å²) in [6.45, 7) is 2.75. The van der Waals surface area contributed by atoms with Gasteiger partial charge in [-0.3, -0.25) is 0 Å². The number of rotatable bonds is 5. The van der Waals surface area contributed by atoms with Gasteiger partial charge in [0.2, 0.25) is 0 Å². The zero-order valence-corrected chi connectivity index (χ0v) is 13.0. The molecule has 2 aromatic rings. The molecular weight excluding hydrogens is 303 g/mol. The lowest BCUT2D eigenvalue weighted by atomic mass is 9.87. The number of ether oxygens (including phenoxy) is 1. The molecule has 7 heteroatoms. The molecule has 3 rings (SSSR count). The van der Waals surface area contributed by atoms with Gasteiger partial charge in [0.15, 0.2) is 23.2 Å². The van der Waals surface area contributed by atoms with Gasteiger partial charge in [0.1, 0.15) is 18.5 Å². The predicted molar refractivity (Wildman–Crippen MR) is 82.3 cm³/mol. The number of halogens is 1. The number of oxazole rings is 1. The molecule has 0 aliphatic carbocycles. The van der Waals surface area contributed by atoms with E-state index < -0.39 is 11.8 Å². The van der Waals surface area contributed by atoms with Crippen LogP contribution in [0.3, 0.4) is 0 Å². The Balaban J connectivity index is 1.64. The highest BCUT2D eigenvalue weighted by atomic mass is 19.1. The van der Waals surface area contributed by atoms with Crippen molar-refractivity contribution in [3.05, 3.63) is 18.5 Å². The lowest BCUT2D eigenvalue weighted by Gasteiger charge is -2.32. The second-order valence-corrected chi connectivity index (χ2v) is 6.49. The molecule has 1 fully saturated rings. The molecule has 6 nitrogen and oxygen atoms in total. The predicted octanol–water partition coefficient (Wildman–Crippen LogP) is 2.00. The number of hydrogen-bond donors (Lipinski definition) is 3. The van der Waals surface area contributed by atoms with Gasteiger partial charge >= 0.3 is 0 Å². The number of phenols is 1. The summed E-state index contributed by atoms with van der Waals surface area (Å²) in [7, 11) is 0. The van der Waals surface area contributed by atoms with Gasteiger partial charge in [-0.1, -0.05) is 0 Å². The Hall–Kier alpha value is -1.86. The molecule has 1 saturated heterocycles. The van der Waals surface area contributed by atoms with Gasteiger partial charge in [0, 0.05) is 18.7 Å². The minimum absolute atomic E-state index is 0.000597. The van der Waals surface area contributed by atoms with Crippen molar-refractivity contribution in [2.75, 3.05) is 19.7 Å². The summed E-state index contributed by atoms with van der Waals surface area (Å²) in [5.41, 5.74) is -0.205. The summed E-state index contributed by atoms with van der Waals surface area (Å²) in [6, 6.07) is 2.88. The number of aromatic nitrogens is 1. The number of nitrogens with one attached hydrogen (secondary N) is 1. The van der Waals surface area contributed by atoms with Crippen LogP contribution in [0.2, 0.25) is 0 Å². The Morgan fingerprint density at radius 1 is 1.48 bits per heavy atom. The number of phenolic OH excluding ortho intramolecular Hbond substituents is 1. The van der Waals surface area contributed by atoms with E-state index in [4.69, 9.17) is 9.15 Å². The lowest BCUT2D eigenvalue weighted by Crippen LogP contribution is -2.43. The largest absolute Gasteiger partial charge is 0.508 e. The molecule has 0 amide bonds. The number of piperidine rings is 1. The maximum atomic E-state index is 13.4. The quantitative estimate of drug-likeness (QED) is 0.780. The van der Waals surface area contributed by atoms with Crippen LogP contribution in [0, 0.1) is 5.92 Å². The Morgan fingerprint density at radius 2 is 2.30 bits per heavy atom. The summed E-state index contributed by atoms with van der Waals surface area (Å²) in [5, 5.41) is 23.2. The maximum absolute atomic E-state index is 13.4. The van der Waals surface area contributed by atoms with Gasteiger partial charge in [-0.05, 0) is 32.2 Å². The van der Waals surface area contributed by atoms with Gasteiger partial charge in [0.25, 0.3) is 0 Å². The molecule has 1 aliphatic rings. The highest BCUT2D eigenvalue weighted by molar-refractivity contribution is 5.81. The van der Waals surface area contributed by atoms with Crippen LogP contribution in [0.1, 0.15) is 19.8 Å². The molecule has 1 aliphatic heterocycles. The van der Waals surface area contributed by atoms with Crippen LogP contribution >= 0.6 is 0 Å². The third-order valence-electron chi connectivity index (χ3n) is 4.04. The van der Waals surface area contributed by atoms with Crippen LogP contribution in [0.15, 0.2) is 22.9 Å². The van der Waals surface area contributed by atoms with E-state index in [1.807, 2.05) is 0 Å². The van der Waals surface area contributed by atoms with Crippen molar-refractivity contribution in [2.24, 2.45) is 5.92 Å². The Morgan fingerprint density at radius 3 is 3.09 bits per heavy atom. The van der Waals surface area contributed by atoms with E-state index in [0.29, 0.717) is 42.8 Å². The van der Waals surface area contributed by atoms with Gasteiger partial charge in [-0.15, -0.1) is 0 Å². The third-order valence-corrected chi connectivity index (χ3v) is 4.04. The Kier molecular flexibility index (Phi) is 4.41. The fourth-order valence-electron chi connectivity index (χ4n) is 3.07. The summed E-state index contributed by atoms with van der Waals surface area (Å²) < 4.78 is 24.2. The van der Waals surface area contributed by atoms with Crippen LogP contribution in [0.25, 0.3) is 11.1 Å². The second kappa shape index (κ2) is 6.33. The fraction of sp³-hybridized carbons (Fsp3) is 0.562. The van der Waals surface area contributed by atoms with E-state index in [0.717, 1.165) is 0 Å². The van der Waals surface area contributed by atoms with Crippen LogP contribution in [0.4, 0.5) is 4.39 Å². The zero-order valence-electron chi connectivity index (χ0n) is 13.0. The van der Waals surface area contributed by atoms with Crippen molar-refractivity contribution >= 4 is 11.1 Å². The smallest absolute Gasteiger partial charge is 0.182 e. The molecule has 0 bridgehead atoms. The van der Waals surface area contributed by atoms with E-state index in [1.165, 1.54) is 18.5 Å². The number of aliphatic hydroxyl groups is 1. The number of alkyl halides is 1. The molecule has 2 unspecified atom stereocenters. The van der Waals surface area contributed by atoms with Crippen LogP contribution in [-0.2, 0) is 0 Å². The average Bonchev–Trinajstić information content (AvgIpc) is 2.92. The minimum Gasteiger partial charge on any atom is -0.508 e. The highest BCUT2D eigenvalue weighted by Gasteiger charge is 2.30. The summed E-state index contributed by atoms with van der Waals surface area (Å²) in [5.74, 6) is 0.411. The minimum atomic E-state index is -1.11. The molecule has 0 radical (unpaired) electrons. The molecule has 3 N–H and O–H groups in total.